The van der Waals surface area contributed by atoms with Crippen molar-refractivity contribution in [2.45, 2.75) is 25.7 Å². The summed E-state index contributed by atoms with van der Waals surface area (Å²) in [6.07, 6.45) is 0.975. The number of hydrogen-bond acceptors (Lipinski definition) is 7. The number of aromatic nitrogens is 3. The van der Waals surface area contributed by atoms with Crippen LogP contribution in [0.4, 0.5) is 11.5 Å². The van der Waals surface area contributed by atoms with Crippen LogP contribution in [0, 0.1) is 18.3 Å². The number of nitrogens with one attached hydrogen (secondary N) is 1. The first-order valence-electron chi connectivity index (χ1n) is 9.18. The van der Waals surface area contributed by atoms with Gasteiger partial charge < -0.3 is 10.5 Å². The molecule has 0 amide bonds. The summed E-state index contributed by atoms with van der Waals surface area (Å²) in [5, 5.41) is 13.9. The summed E-state index contributed by atoms with van der Waals surface area (Å²) in [5.41, 5.74) is 9.43. The highest BCUT2D eigenvalue weighted by Crippen LogP contribution is 2.36. The topological polar surface area (TPSA) is 136 Å². The minimum absolute atomic E-state index is 0.196. The zero-order valence-corrected chi connectivity index (χ0v) is 17.5. The van der Waals surface area contributed by atoms with Crippen molar-refractivity contribution in [2.24, 2.45) is 7.05 Å². The second-order valence-corrected chi connectivity index (χ2v) is 8.95. The number of pyridine rings is 1. The van der Waals surface area contributed by atoms with Crippen LogP contribution in [-0.4, -0.2) is 23.2 Å². The molecule has 2 aromatic heterocycles. The lowest BCUT2D eigenvalue weighted by molar-refractivity contribution is 0.228. The third-order valence-corrected chi connectivity index (χ3v) is 6.12. The molecule has 1 aliphatic heterocycles. The van der Waals surface area contributed by atoms with Gasteiger partial charge in [0.05, 0.1) is 11.4 Å². The largest absolute Gasteiger partial charge is 0.482 e. The molecule has 4 rings (SSSR count). The number of aryl methyl sites for hydroxylation is 2. The van der Waals surface area contributed by atoms with Gasteiger partial charge in [0, 0.05) is 29.9 Å². The number of anilines is 2. The van der Waals surface area contributed by atoms with Crippen molar-refractivity contribution in [3.8, 4) is 22.9 Å². The maximum atomic E-state index is 13.0. The molecule has 10 heteroatoms. The lowest BCUT2D eigenvalue weighted by Gasteiger charge is -2.21. The second kappa shape index (κ2) is 7.03. The molecule has 0 saturated heterocycles. The lowest BCUT2D eigenvalue weighted by Crippen LogP contribution is -2.19. The number of sulfonamides is 1. The molecule has 0 spiro atoms. The van der Waals surface area contributed by atoms with Crippen molar-refractivity contribution < 1.29 is 13.2 Å². The highest BCUT2D eigenvalue weighted by atomic mass is 32.2. The standard InChI is InChI=1S/C20H20N6O3S/c1-11-4-5-15-14(6-11)12(2)29-18-7-13(9-23-20(18)22)19-16(10-30(27,28)25-15)24-26(3)17(19)8-21/h4-7,9,12,25H,10H2,1-3H3,(H2,22,23)/t12-/m1/s1. The fraction of sp³-hybridized carbons (Fsp3) is 0.250. The number of hydrogen-bond donors (Lipinski definition) is 2. The highest BCUT2D eigenvalue weighted by molar-refractivity contribution is 7.91. The summed E-state index contributed by atoms with van der Waals surface area (Å²) < 4.78 is 36.0. The first kappa shape index (κ1) is 19.7. The molecule has 0 fully saturated rings. The van der Waals surface area contributed by atoms with Crippen molar-refractivity contribution in [3.05, 3.63) is 53.0 Å². The Hall–Kier alpha value is -3.58. The molecule has 3 N–H and O–H groups in total. The number of nitrogen functional groups attached to an aromatic ring is 1. The average molecular weight is 424 g/mol. The second-order valence-electron chi connectivity index (χ2n) is 7.23. The molecule has 0 aliphatic carbocycles. The van der Waals surface area contributed by atoms with Gasteiger partial charge in [-0.1, -0.05) is 17.7 Å². The van der Waals surface area contributed by atoms with E-state index in [9.17, 15) is 13.7 Å². The Morgan fingerprint density at radius 2 is 2.13 bits per heavy atom. The van der Waals surface area contributed by atoms with Crippen LogP contribution in [-0.2, 0) is 22.8 Å². The molecular formula is C20H20N6O3S. The van der Waals surface area contributed by atoms with Crippen LogP contribution >= 0.6 is 0 Å². The van der Waals surface area contributed by atoms with Crippen LogP contribution in [0.1, 0.15) is 35.5 Å². The summed E-state index contributed by atoms with van der Waals surface area (Å²) in [7, 11) is -2.23. The van der Waals surface area contributed by atoms with E-state index in [0.717, 1.165) is 5.56 Å². The summed E-state index contributed by atoms with van der Waals surface area (Å²) in [5.74, 6) is 0.135. The maximum Gasteiger partial charge on any atom is 0.238 e. The van der Waals surface area contributed by atoms with Crippen molar-refractivity contribution in [3.63, 3.8) is 0 Å². The predicted octanol–water partition coefficient (Wildman–Crippen LogP) is 2.64. The van der Waals surface area contributed by atoms with Crippen LogP contribution in [0.5, 0.6) is 5.75 Å². The van der Waals surface area contributed by atoms with Gasteiger partial charge in [-0.2, -0.15) is 10.4 Å². The van der Waals surface area contributed by atoms with Gasteiger partial charge in [-0.3, -0.25) is 9.40 Å². The molecule has 0 unspecified atom stereocenters. The number of rotatable bonds is 0. The van der Waals surface area contributed by atoms with E-state index in [4.69, 9.17) is 10.5 Å². The molecule has 0 radical (unpaired) electrons. The van der Waals surface area contributed by atoms with Crippen LogP contribution < -0.4 is 15.2 Å². The summed E-state index contributed by atoms with van der Waals surface area (Å²) in [6, 6.07) is 9.13. The zero-order chi connectivity index (χ0) is 21.6. The SMILES string of the molecule is Cc1ccc2c(c1)[C@@H](C)Oc1cc(cnc1N)-c1c(nn(C)c1C#N)CS(=O)(=O)N2. The van der Waals surface area contributed by atoms with E-state index < -0.39 is 21.9 Å². The van der Waals surface area contributed by atoms with Crippen molar-refractivity contribution in [1.29, 1.82) is 5.26 Å². The molecule has 0 saturated carbocycles. The third kappa shape index (κ3) is 3.44. The lowest BCUT2D eigenvalue weighted by atomic mass is 10.0. The molecule has 1 aromatic carbocycles. The van der Waals surface area contributed by atoms with E-state index in [1.807, 2.05) is 19.1 Å². The number of nitrogens with zero attached hydrogens (tertiary/aromatic N) is 4. The predicted molar refractivity (Wildman–Crippen MR) is 112 cm³/mol. The number of fused-ring (bicyclic) bond motifs is 5. The minimum Gasteiger partial charge on any atom is -0.482 e. The van der Waals surface area contributed by atoms with E-state index in [2.05, 4.69) is 20.9 Å². The van der Waals surface area contributed by atoms with Gasteiger partial charge in [0.2, 0.25) is 10.0 Å². The Morgan fingerprint density at radius 3 is 2.87 bits per heavy atom. The van der Waals surface area contributed by atoms with Crippen molar-refractivity contribution >= 4 is 21.5 Å². The Kier molecular flexibility index (Phi) is 4.63. The van der Waals surface area contributed by atoms with Gasteiger partial charge >= 0.3 is 0 Å². The highest BCUT2D eigenvalue weighted by Gasteiger charge is 2.26. The average Bonchev–Trinajstić information content (AvgIpc) is 2.98. The Bertz CT molecular complexity index is 1310. The summed E-state index contributed by atoms with van der Waals surface area (Å²) in [6.45, 7) is 3.72. The Morgan fingerprint density at radius 1 is 1.37 bits per heavy atom. The Balaban J connectivity index is 2.00. The van der Waals surface area contributed by atoms with Crippen LogP contribution in [0.15, 0.2) is 30.5 Å². The molecular weight excluding hydrogens is 404 g/mol. The quantitative estimate of drug-likeness (QED) is 0.566. The normalized spacial score (nSPS) is 17.2. The van der Waals surface area contributed by atoms with Crippen LogP contribution in [0.25, 0.3) is 11.1 Å². The monoisotopic (exact) mass is 424 g/mol. The van der Waals surface area contributed by atoms with Crippen LogP contribution in [0.3, 0.4) is 0 Å². The summed E-state index contributed by atoms with van der Waals surface area (Å²) in [4.78, 5) is 4.20. The first-order valence-corrected chi connectivity index (χ1v) is 10.8. The molecule has 3 heterocycles. The van der Waals surface area contributed by atoms with Crippen LogP contribution in [0.2, 0.25) is 0 Å². The molecule has 1 atom stereocenters. The zero-order valence-electron chi connectivity index (χ0n) is 16.7. The van der Waals surface area contributed by atoms with Gasteiger partial charge in [0.25, 0.3) is 0 Å². The van der Waals surface area contributed by atoms with Gasteiger partial charge in [0.1, 0.15) is 23.6 Å². The summed E-state index contributed by atoms with van der Waals surface area (Å²) >= 11 is 0. The van der Waals surface area contributed by atoms with Crippen molar-refractivity contribution in [2.75, 3.05) is 10.5 Å². The fourth-order valence-electron chi connectivity index (χ4n) is 3.55. The van der Waals surface area contributed by atoms with Gasteiger partial charge in [-0.15, -0.1) is 0 Å². The van der Waals surface area contributed by atoms with Gasteiger partial charge in [-0.25, -0.2) is 13.4 Å². The molecule has 2 bridgehead atoms. The van der Waals surface area contributed by atoms with E-state index in [1.54, 1.807) is 26.1 Å². The molecule has 3 aromatic rings. The number of nitrogens with two attached hydrogens (primary N) is 1. The molecule has 1 aliphatic rings. The third-order valence-electron chi connectivity index (χ3n) is 4.94. The number of benzene rings is 1. The molecule has 9 nitrogen and oxygen atoms in total. The molecule has 154 valence electrons. The van der Waals surface area contributed by atoms with Gasteiger partial charge in [0.15, 0.2) is 11.6 Å². The van der Waals surface area contributed by atoms with Crippen molar-refractivity contribution in [1.82, 2.24) is 14.8 Å². The van der Waals surface area contributed by atoms with E-state index in [1.165, 1.54) is 10.9 Å². The fourth-order valence-corrected chi connectivity index (χ4v) is 4.70. The first-order chi connectivity index (χ1) is 14.2. The smallest absolute Gasteiger partial charge is 0.238 e. The van der Waals surface area contributed by atoms with Gasteiger partial charge in [-0.05, 0) is 26.0 Å². The number of ether oxygens (including phenoxy) is 1. The molecule has 30 heavy (non-hydrogen) atoms. The van der Waals surface area contributed by atoms with E-state index in [0.29, 0.717) is 28.1 Å². The Labute approximate surface area is 174 Å². The number of nitriles is 1. The minimum atomic E-state index is -3.82. The maximum absolute atomic E-state index is 13.0. The van der Waals surface area contributed by atoms with E-state index >= 15 is 0 Å². The van der Waals surface area contributed by atoms with E-state index in [-0.39, 0.29) is 17.2 Å².